The lowest BCUT2D eigenvalue weighted by Crippen LogP contribution is -2.28. The summed E-state index contributed by atoms with van der Waals surface area (Å²) in [7, 11) is 1.90. The number of anilines is 1. The SMILES string of the molecule is Cc1cccn2c(=O)c(/C=C3\SC(=S)N(Cc4ccccc4)C3=O)c(N(C)Cc3ccccc3)nc12. The number of nitrogens with zero attached hydrogens (tertiary/aromatic N) is 4. The first-order chi connectivity index (χ1) is 17.4. The van der Waals surface area contributed by atoms with E-state index in [1.807, 2.05) is 91.7 Å². The zero-order valence-corrected chi connectivity index (χ0v) is 21.6. The Bertz CT molecular complexity index is 1550. The molecule has 2 aromatic carbocycles. The van der Waals surface area contributed by atoms with E-state index in [9.17, 15) is 9.59 Å². The fourth-order valence-corrected chi connectivity index (χ4v) is 5.42. The smallest absolute Gasteiger partial charge is 0.267 e. The van der Waals surface area contributed by atoms with Gasteiger partial charge in [-0.2, -0.15) is 0 Å². The highest BCUT2D eigenvalue weighted by Crippen LogP contribution is 2.34. The molecule has 1 fully saturated rings. The number of rotatable bonds is 6. The van der Waals surface area contributed by atoms with Gasteiger partial charge in [0, 0.05) is 19.8 Å². The van der Waals surface area contributed by atoms with Gasteiger partial charge in [-0.25, -0.2) is 4.98 Å². The first-order valence-corrected chi connectivity index (χ1v) is 12.7. The van der Waals surface area contributed by atoms with Crippen LogP contribution in [0, 0.1) is 6.92 Å². The van der Waals surface area contributed by atoms with E-state index in [-0.39, 0.29) is 11.5 Å². The fourth-order valence-electron chi connectivity index (χ4n) is 4.18. The average molecular weight is 513 g/mol. The summed E-state index contributed by atoms with van der Waals surface area (Å²) in [5.74, 6) is 0.311. The van der Waals surface area contributed by atoms with Gasteiger partial charge in [0.1, 0.15) is 15.8 Å². The molecule has 4 aromatic rings. The summed E-state index contributed by atoms with van der Waals surface area (Å²) in [6.45, 7) is 2.88. The van der Waals surface area contributed by atoms with Crippen molar-refractivity contribution in [1.29, 1.82) is 0 Å². The van der Waals surface area contributed by atoms with Gasteiger partial charge in [-0.1, -0.05) is 90.7 Å². The van der Waals surface area contributed by atoms with Crippen LogP contribution in [0.2, 0.25) is 0 Å². The van der Waals surface area contributed by atoms with E-state index in [0.717, 1.165) is 16.7 Å². The summed E-state index contributed by atoms with van der Waals surface area (Å²) in [6.07, 6.45) is 3.35. The number of fused-ring (bicyclic) bond motifs is 1. The third kappa shape index (κ3) is 4.69. The minimum atomic E-state index is -0.230. The first-order valence-electron chi connectivity index (χ1n) is 11.5. The Morgan fingerprint density at radius 1 is 0.972 bits per heavy atom. The Morgan fingerprint density at radius 2 is 1.64 bits per heavy atom. The largest absolute Gasteiger partial charge is 0.355 e. The molecule has 36 heavy (non-hydrogen) atoms. The zero-order chi connectivity index (χ0) is 25.2. The number of thioether (sulfide) groups is 1. The lowest BCUT2D eigenvalue weighted by molar-refractivity contribution is -0.122. The van der Waals surface area contributed by atoms with Crippen LogP contribution in [0.4, 0.5) is 5.82 Å². The number of hydrogen-bond acceptors (Lipinski definition) is 6. The van der Waals surface area contributed by atoms with E-state index in [1.165, 1.54) is 16.2 Å². The Balaban J connectivity index is 1.58. The molecule has 0 N–H and O–H groups in total. The minimum absolute atomic E-state index is 0.209. The monoisotopic (exact) mass is 512 g/mol. The van der Waals surface area contributed by atoms with E-state index in [4.69, 9.17) is 17.2 Å². The molecule has 5 rings (SSSR count). The van der Waals surface area contributed by atoms with Crippen LogP contribution in [0.25, 0.3) is 11.7 Å². The molecule has 6 nitrogen and oxygen atoms in total. The quantitative estimate of drug-likeness (QED) is 0.267. The highest BCUT2D eigenvalue weighted by Gasteiger charge is 2.33. The maximum atomic E-state index is 13.7. The second-order valence-corrected chi connectivity index (χ2v) is 10.3. The highest BCUT2D eigenvalue weighted by atomic mass is 32.2. The molecule has 2 aromatic heterocycles. The molecule has 0 radical (unpaired) electrons. The minimum Gasteiger partial charge on any atom is -0.355 e. The zero-order valence-electron chi connectivity index (χ0n) is 19.9. The van der Waals surface area contributed by atoms with E-state index >= 15 is 0 Å². The normalized spacial score (nSPS) is 14.7. The van der Waals surface area contributed by atoms with Crippen molar-refractivity contribution in [3.05, 3.63) is 117 Å². The maximum absolute atomic E-state index is 13.7. The number of carbonyl (C=O) groups excluding carboxylic acids is 1. The van der Waals surface area contributed by atoms with Gasteiger partial charge < -0.3 is 4.90 Å². The molecular formula is C28H24N4O2S2. The van der Waals surface area contributed by atoms with Crippen molar-refractivity contribution in [2.24, 2.45) is 0 Å². The third-order valence-corrected chi connectivity index (χ3v) is 7.40. The molecule has 0 spiro atoms. The molecule has 1 saturated heterocycles. The van der Waals surface area contributed by atoms with Crippen LogP contribution in [0.5, 0.6) is 0 Å². The van der Waals surface area contributed by atoms with Crippen LogP contribution < -0.4 is 10.5 Å². The van der Waals surface area contributed by atoms with E-state index < -0.39 is 0 Å². The van der Waals surface area contributed by atoms with Gasteiger partial charge in [0.15, 0.2) is 0 Å². The van der Waals surface area contributed by atoms with Crippen LogP contribution in [0.15, 0.2) is 88.7 Å². The third-order valence-electron chi connectivity index (χ3n) is 6.02. The Kier molecular flexibility index (Phi) is 6.71. The van der Waals surface area contributed by atoms with Crippen molar-refractivity contribution < 1.29 is 4.79 Å². The number of benzene rings is 2. The van der Waals surface area contributed by atoms with Crippen molar-refractivity contribution in [2.75, 3.05) is 11.9 Å². The Labute approximate surface area is 218 Å². The number of amides is 1. The second kappa shape index (κ2) is 10.1. The van der Waals surface area contributed by atoms with Gasteiger partial charge in [0.25, 0.3) is 11.5 Å². The molecule has 1 aliphatic rings. The summed E-state index contributed by atoms with van der Waals surface area (Å²) in [6, 6.07) is 23.5. The maximum Gasteiger partial charge on any atom is 0.267 e. The fraction of sp³-hybridized carbons (Fsp3) is 0.143. The molecule has 3 heterocycles. The second-order valence-electron chi connectivity index (χ2n) is 8.63. The molecule has 180 valence electrons. The van der Waals surface area contributed by atoms with Crippen molar-refractivity contribution in [2.45, 2.75) is 20.0 Å². The topological polar surface area (TPSA) is 57.9 Å². The molecule has 8 heteroatoms. The average Bonchev–Trinajstić information content (AvgIpc) is 3.14. The van der Waals surface area contributed by atoms with Crippen molar-refractivity contribution >= 4 is 51.7 Å². The molecule has 1 aliphatic heterocycles. The van der Waals surface area contributed by atoms with E-state index in [2.05, 4.69) is 0 Å². The number of hydrogen-bond donors (Lipinski definition) is 0. The van der Waals surface area contributed by atoms with Gasteiger partial charge in [0.05, 0.1) is 17.0 Å². The number of aryl methyl sites for hydroxylation is 1. The summed E-state index contributed by atoms with van der Waals surface area (Å²) in [5, 5.41) is 0. The Hall–Kier alpha value is -3.75. The lowest BCUT2D eigenvalue weighted by atomic mass is 10.2. The number of pyridine rings is 1. The number of aromatic nitrogens is 2. The molecule has 0 atom stereocenters. The summed E-state index contributed by atoms with van der Waals surface area (Å²) in [4.78, 5) is 35.8. The van der Waals surface area contributed by atoms with Gasteiger partial charge in [-0.3, -0.25) is 18.9 Å². The van der Waals surface area contributed by atoms with Gasteiger partial charge in [-0.15, -0.1) is 0 Å². The molecule has 0 unspecified atom stereocenters. The van der Waals surface area contributed by atoms with E-state index in [1.54, 1.807) is 17.2 Å². The molecule has 0 aliphatic carbocycles. The van der Waals surface area contributed by atoms with E-state index in [0.29, 0.717) is 39.3 Å². The van der Waals surface area contributed by atoms with Gasteiger partial charge in [0.2, 0.25) is 0 Å². The van der Waals surface area contributed by atoms with Crippen LogP contribution in [0.3, 0.4) is 0 Å². The summed E-state index contributed by atoms with van der Waals surface area (Å²) in [5.41, 5.74) is 3.69. The van der Waals surface area contributed by atoms with Crippen LogP contribution in [-0.4, -0.2) is 31.6 Å². The van der Waals surface area contributed by atoms with Crippen molar-refractivity contribution in [1.82, 2.24) is 14.3 Å². The summed E-state index contributed by atoms with van der Waals surface area (Å²) < 4.78 is 2.00. The van der Waals surface area contributed by atoms with Crippen LogP contribution in [-0.2, 0) is 17.9 Å². The lowest BCUT2D eigenvalue weighted by Gasteiger charge is -2.21. The standard InChI is InChI=1S/C28H24N4O2S2/c1-19-10-9-15-31-24(19)29-25(30(2)17-20-11-5-3-6-12-20)22(26(31)33)16-23-27(34)32(28(35)36-23)18-21-13-7-4-8-14-21/h3-16H,17-18H2,1-2H3/b23-16-. The predicted molar refractivity (Wildman–Crippen MR) is 150 cm³/mol. The van der Waals surface area contributed by atoms with Crippen molar-refractivity contribution in [3.63, 3.8) is 0 Å². The molecular weight excluding hydrogens is 488 g/mol. The molecule has 0 saturated carbocycles. The predicted octanol–water partition coefficient (Wildman–Crippen LogP) is 5.04. The summed E-state index contributed by atoms with van der Waals surface area (Å²) >= 11 is 6.74. The molecule has 1 amide bonds. The van der Waals surface area contributed by atoms with Gasteiger partial charge >= 0.3 is 0 Å². The van der Waals surface area contributed by atoms with Crippen LogP contribution >= 0.6 is 24.0 Å². The van der Waals surface area contributed by atoms with Gasteiger partial charge in [-0.05, 0) is 35.8 Å². The van der Waals surface area contributed by atoms with Crippen LogP contribution in [0.1, 0.15) is 22.3 Å². The highest BCUT2D eigenvalue weighted by molar-refractivity contribution is 8.26. The first kappa shape index (κ1) is 24.0. The van der Waals surface area contributed by atoms with Crippen molar-refractivity contribution in [3.8, 4) is 0 Å². The number of carbonyl (C=O) groups is 1. The Morgan fingerprint density at radius 3 is 2.33 bits per heavy atom. The molecule has 0 bridgehead atoms. The number of thiocarbonyl (C=S) groups is 1.